The fraction of sp³-hybridized carbons (Fsp3) is 0. The van der Waals surface area contributed by atoms with E-state index in [1.165, 1.54) is 18.2 Å². The average Bonchev–Trinajstić information content (AvgIpc) is 1.85. The highest BCUT2D eigenvalue weighted by Gasteiger charge is 2.00. The van der Waals surface area contributed by atoms with Gasteiger partial charge in [0.05, 0.1) is 0 Å². The molecule has 0 radical (unpaired) electrons. The van der Waals surface area contributed by atoms with Gasteiger partial charge in [0.2, 0.25) is 0 Å². The van der Waals surface area contributed by atoms with Gasteiger partial charge in [-0.15, -0.1) is 0 Å². The minimum Gasteiger partial charge on any atom is -0.268 e. The quantitative estimate of drug-likeness (QED) is 0.500. The van der Waals surface area contributed by atoms with E-state index in [0.717, 1.165) is 11.8 Å². The molecule has 0 aromatic heterocycles. The highest BCUT2D eigenvalue weighted by Crippen LogP contribution is 2.21. The molecule has 1 rings (SSSR count). The first-order chi connectivity index (χ1) is 5.18. The van der Waals surface area contributed by atoms with Crippen molar-refractivity contribution in [3.8, 4) is 0 Å². The zero-order valence-corrected chi connectivity index (χ0v) is 6.95. The summed E-state index contributed by atoms with van der Waals surface area (Å²) in [5, 5.41) is 0. The van der Waals surface area contributed by atoms with Crippen molar-refractivity contribution in [1.82, 2.24) is 0 Å². The van der Waals surface area contributed by atoms with Gasteiger partial charge in [-0.2, -0.15) is 0 Å². The van der Waals surface area contributed by atoms with E-state index in [1.807, 2.05) is 0 Å². The second-order valence-electron chi connectivity index (χ2n) is 1.80. The summed E-state index contributed by atoms with van der Waals surface area (Å²) in [6.45, 7) is 0. The van der Waals surface area contributed by atoms with Gasteiger partial charge in [-0.25, -0.2) is 4.39 Å². The van der Waals surface area contributed by atoms with E-state index in [-0.39, 0.29) is 5.82 Å². The Morgan fingerprint density at radius 2 is 2.27 bits per heavy atom. The molecule has 0 aliphatic heterocycles. The third-order valence-electron chi connectivity index (χ3n) is 0.994. The molecule has 0 atom stereocenters. The summed E-state index contributed by atoms with van der Waals surface area (Å²) in [5.74, 6) is -0.368. The number of halogens is 2. The molecule has 11 heavy (non-hydrogen) atoms. The Hall–Kier alpha value is -0.540. The number of rotatable bonds is 1. The number of thioether (sulfide) groups is 1. The standard InChI is InChI=1S/C7H4ClFOS/c8-7(10)11-6-3-1-2-5(9)4-6/h1-4H. The molecule has 0 spiro atoms. The first kappa shape index (κ1) is 8.56. The number of benzene rings is 1. The SMILES string of the molecule is O=C(Cl)Sc1cccc(F)c1. The van der Waals surface area contributed by atoms with E-state index >= 15 is 0 Å². The van der Waals surface area contributed by atoms with Gasteiger partial charge in [0.1, 0.15) is 5.82 Å². The number of hydrogen-bond donors (Lipinski definition) is 0. The van der Waals surface area contributed by atoms with E-state index in [9.17, 15) is 9.18 Å². The van der Waals surface area contributed by atoms with Crippen LogP contribution in [-0.4, -0.2) is 4.57 Å². The molecule has 1 nitrogen and oxygen atoms in total. The summed E-state index contributed by atoms with van der Waals surface area (Å²) in [4.78, 5) is 10.8. The molecule has 0 heterocycles. The molecule has 0 amide bonds. The van der Waals surface area contributed by atoms with Crippen molar-refractivity contribution in [2.45, 2.75) is 4.90 Å². The number of carbonyl (C=O) groups excluding carboxylic acids is 1. The van der Waals surface area contributed by atoms with E-state index in [0.29, 0.717) is 4.90 Å². The van der Waals surface area contributed by atoms with Crippen molar-refractivity contribution in [3.63, 3.8) is 0 Å². The summed E-state index contributed by atoms with van der Waals surface area (Å²) < 4.78 is 11.9. The summed E-state index contributed by atoms with van der Waals surface area (Å²) >= 11 is 5.87. The first-order valence-electron chi connectivity index (χ1n) is 2.81. The lowest BCUT2D eigenvalue weighted by Crippen LogP contribution is -1.77. The number of hydrogen-bond acceptors (Lipinski definition) is 2. The van der Waals surface area contributed by atoms with Crippen molar-refractivity contribution in [1.29, 1.82) is 0 Å². The molecule has 0 aliphatic carbocycles. The van der Waals surface area contributed by atoms with Crippen LogP contribution >= 0.6 is 23.4 Å². The van der Waals surface area contributed by atoms with Gasteiger partial charge in [0, 0.05) is 4.90 Å². The largest absolute Gasteiger partial charge is 0.284 e. The zero-order chi connectivity index (χ0) is 8.27. The average molecular weight is 191 g/mol. The Balaban J connectivity index is 2.79. The summed E-state index contributed by atoms with van der Waals surface area (Å²) in [6.07, 6.45) is 0. The van der Waals surface area contributed by atoms with Crippen LogP contribution in [0.5, 0.6) is 0 Å². The molecule has 0 aliphatic rings. The molecule has 4 heteroatoms. The van der Waals surface area contributed by atoms with Crippen LogP contribution in [0.1, 0.15) is 0 Å². The van der Waals surface area contributed by atoms with Crippen LogP contribution in [0.3, 0.4) is 0 Å². The molecule has 0 unspecified atom stereocenters. The lowest BCUT2D eigenvalue weighted by atomic mass is 10.4. The summed E-state index contributed by atoms with van der Waals surface area (Å²) in [5.41, 5.74) is 0. The lowest BCUT2D eigenvalue weighted by Gasteiger charge is -1.93. The Kier molecular flexibility index (Phi) is 2.91. The second-order valence-corrected chi connectivity index (χ2v) is 3.41. The smallest absolute Gasteiger partial charge is 0.268 e. The second kappa shape index (κ2) is 3.74. The molecule has 1 aromatic rings. The van der Waals surface area contributed by atoms with Crippen LogP contribution in [0.2, 0.25) is 0 Å². The minimum atomic E-state index is -0.560. The van der Waals surface area contributed by atoms with Gasteiger partial charge < -0.3 is 0 Å². The Bertz CT molecular complexity index is 277. The van der Waals surface area contributed by atoms with Gasteiger partial charge in [0.25, 0.3) is 4.57 Å². The van der Waals surface area contributed by atoms with E-state index in [1.54, 1.807) is 6.07 Å². The maximum atomic E-state index is 12.4. The topological polar surface area (TPSA) is 17.1 Å². The van der Waals surface area contributed by atoms with Gasteiger partial charge in [-0.1, -0.05) is 6.07 Å². The maximum Gasteiger partial charge on any atom is 0.284 e. The predicted molar refractivity (Wildman–Crippen MR) is 43.5 cm³/mol. The molecule has 1 aromatic carbocycles. The Morgan fingerprint density at radius 3 is 2.82 bits per heavy atom. The van der Waals surface area contributed by atoms with Crippen LogP contribution in [0.4, 0.5) is 9.18 Å². The minimum absolute atomic E-state index is 0.368. The third-order valence-corrected chi connectivity index (χ3v) is 1.88. The molecular formula is C7H4ClFOS. The monoisotopic (exact) mass is 190 g/mol. The van der Waals surface area contributed by atoms with Crippen molar-refractivity contribution in [2.24, 2.45) is 0 Å². The van der Waals surface area contributed by atoms with Gasteiger partial charge in [0.15, 0.2) is 0 Å². The van der Waals surface area contributed by atoms with Crippen LogP contribution in [0, 0.1) is 5.82 Å². The van der Waals surface area contributed by atoms with Gasteiger partial charge >= 0.3 is 0 Å². The molecule has 0 fully saturated rings. The molecule has 0 saturated heterocycles. The molecule has 0 N–H and O–H groups in total. The Labute approximate surface area is 72.5 Å². The van der Waals surface area contributed by atoms with E-state index < -0.39 is 4.57 Å². The molecule has 0 bridgehead atoms. The van der Waals surface area contributed by atoms with E-state index in [2.05, 4.69) is 0 Å². The van der Waals surface area contributed by atoms with Crippen molar-refractivity contribution >= 4 is 27.9 Å². The van der Waals surface area contributed by atoms with Crippen molar-refractivity contribution in [2.75, 3.05) is 0 Å². The maximum absolute atomic E-state index is 12.4. The fourth-order valence-corrected chi connectivity index (χ4v) is 1.39. The molecule has 58 valence electrons. The van der Waals surface area contributed by atoms with Crippen LogP contribution in [0.25, 0.3) is 0 Å². The number of carbonyl (C=O) groups is 1. The zero-order valence-electron chi connectivity index (χ0n) is 5.38. The lowest BCUT2D eigenvalue weighted by molar-refractivity contribution is 0.276. The van der Waals surface area contributed by atoms with Crippen LogP contribution in [-0.2, 0) is 0 Å². The van der Waals surface area contributed by atoms with Gasteiger partial charge in [-0.3, -0.25) is 4.79 Å². The first-order valence-corrected chi connectivity index (χ1v) is 4.01. The van der Waals surface area contributed by atoms with Crippen LogP contribution in [0.15, 0.2) is 29.2 Å². The highest BCUT2D eigenvalue weighted by molar-refractivity contribution is 8.16. The Morgan fingerprint density at radius 1 is 1.55 bits per heavy atom. The van der Waals surface area contributed by atoms with Gasteiger partial charge in [-0.05, 0) is 41.6 Å². The molecule has 0 saturated carbocycles. The van der Waals surface area contributed by atoms with E-state index in [4.69, 9.17) is 11.6 Å². The van der Waals surface area contributed by atoms with Crippen LogP contribution < -0.4 is 0 Å². The summed E-state index contributed by atoms with van der Waals surface area (Å²) in [6, 6.07) is 5.71. The third kappa shape index (κ3) is 2.91. The van der Waals surface area contributed by atoms with Crippen molar-refractivity contribution in [3.05, 3.63) is 30.1 Å². The summed E-state index contributed by atoms with van der Waals surface area (Å²) in [7, 11) is 0. The normalized spacial score (nSPS) is 9.64. The fourth-order valence-electron chi connectivity index (χ4n) is 0.623. The molecular weight excluding hydrogens is 187 g/mol. The van der Waals surface area contributed by atoms with Crippen molar-refractivity contribution < 1.29 is 9.18 Å². The highest BCUT2D eigenvalue weighted by atomic mass is 35.5. The predicted octanol–water partition coefficient (Wildman–Crippen LogP) is 3.28.